The molecular formula is C17H17N5O3S. The number of H-pyrrole nitrogens is 1. The van der Waals surface area contributed by atoms with E-state index in [1.165, 1.54) is 12.1 Å². The Morgan fingerprint density at radius 3 is 3.08 bits per heavy atom. The minimum Gasteiger partial charge on any atom is -0.339 e. The first-order chi connectivity index (χ1) is 12.7. The number of hydrogen-bond acceptors (Lipinski definition) is 7. The maximum absolute atomic E-state index is 12.6. The molecule has 0 aliphatic carbocycles. The molecule has 0 radical (unpaired) electrons. The van der Waals surface area contributed by atoms with Crippen LogP contribution in [-0.2, 0) is 6.42 Å². The number of nitrogens with one attached hydrogen (secondary N) is 1. The highest BCUT2D eigenvalue weighted by Crippen LogP contribution is 2.23. The fourth-order valence-electron chi connectivity index (χ4n) is 3.14. The zero-order chi connectivity index (χ0) is 17.9. The fourth-order valence-corrected chi connectivity index (χ4v) is 3.77. The summed E-state index contributed by atoms with van der Waals surface area (Å²) in [5.41, 5.74) is 0.883. The first-order valence-electron chi connectivity index (χ1n) is 8.39. The molecule has 134 valence electrons. The van der Waals surface area contributed by atoms with E-state index in [0.717, 1.165) is 18.4 Å². The molecule has 1 aliphatic heterocycles. The number of piperidine rings is 1. The first-order valence-corrected chi connectivity index (χ1v) is 9.33. The Bertz CT molecular complexity index is 929. The molecule has 3 aromatic rings. The van der Waals surface area contributed by atoms with Gasteiger partial charge in [-0.25, -0.2) is 5.10 Å². The van der Waals surface area contributed by atoms with Gasteiger partial charge in [-0.2, -0.15) is 21.4 Å². The summed E-state index contributed by atoms with van der Waals surface area (Å²) in [5, 5.41) is 14.1. The predicted molar refractivity (Wildman–Crippen MR) is 94.8 cm³/mol. The van der Waals surface area contributed by atoms with Gasteiger partial charge in [0.25, 0.3) is 11.5 Å². The summed E-state index contributed by atoms with van der Waals surface area (Å²) in [6.45, 7) is 1.29. The van der Waals surface area contributed by atoms with Crippen LogP contribution in [0.2, 0.25) is 0 Å². The Balaban J connectivity index is 1.41. The molecule has 3 aromatic heterocycles. The molecule has 0 saturated carbocycles. The van der Waals surface area contributed by atoms with E-state index in [1.54, 1.807) is 16.2 Å². The maximum Gasteiger partial charge on any atom is 0.274 e. The average Bonchev–Trinajstić information content (AvgIpc) is 3.34. The van der Waals surface area contributed by atoms with E-state index < -0.39 is 0 Å². The van der Waals surface area contributed by atoms with Crippen LogP contribution >= 0.6 is 11.3 Å². The van der Waals surface area contributed by atoms with Gasteiger partial charge in [-0.15, -0.1) is 0 Å². The van der Waals surface area contributed by atoms with E-state index in [0.29, 0.717) is 31.2 Å². The van der Waals surface area contributed by atoms with Crippen molar-refractivity contribution < 1.29 is 9.32 Å². The molecule has 1 atom stereocenters. The molecule has 0 aromatic carbocycles. The minimum atomic E-state index is -0.323. The molecule has 4 rings (SSSR count). The van der Waals surface area contributed by atoms with Crippen molar-refractivity contribution in [2.24, 2.45) is 5.92 Å². The molecule has 1 N–H and O–H groups in total. The summed E-state index contributed by atoms with van der Waals surface area (Å²) in [6.07, 6.45) is 2.55. The summed E-state index contributed by atoms with van der Waals surface area (Å²) in [5.74, 6) is 1.27. The van der Waals surface area contributed by atoms with Crippen LogP contribution < -0.4 is 5.56 Å². The SMILES string of the molecule is O=C(c1ccc(=O)[nH]n1)N1CCC[C@H](Cc2nc(-c3ccsc3)no2)C1. The first kappa shape index (κ1) is 16.6. The van der Waals surface area contributed by atoms with Crippen LogP contribution in [0.5, 0.6) is 0 Å². The van der Waals surface area contributed by atoms with Crippen molar-refractivity contribution in [3.05, 3.63) is 50.9 Å². The number of carbonyl (C=O) groups is 1. The monoisotopic (exact) mass is 371 g/mol. The molecule has 26 heavy (non-hydrogen) atoms. The van der Waals surface area contributed by atoms with Gasteiger partial charge in [-0.3, -0.25) is 9.59 Å². The highest BCUT2D eigenvalue weighted by atomic mass is 32.1. The third kappa shape index (κ3) is 3.57. The second kappa shape index (κ2) is 7.20. The topological polar surface area (TPSA) is 105 Å². The van der Waals surface area contributed by atoms with Gasteiger partial charge >= 0.3 is 0 Å². The van der Waals surface area contributed by atoms with Crippen LogP contribution in [0, 0.1) is 5.92 Å². The number of aromatic nitrogens is 4. The Kier molecular flexibility index (Phi) is 4.61. The summed E-state index contributed by atoms with van der Waals surface area (Å²) < 4.78 is 5.37. The number of rotatable bonds is 4. The van der Waals surface area contributed by atoms with Gasteiger partial charge in [-0.05, 0) is 36.3 Å². The Morgan fingerprint density at radius 2 is 2.31 bits per heavy atom. The molecule has 1 fully saturated rings. The van der Waals surface area contributed by atoms with Crippen molar-refractivity contribution in [1.29, 1.82) is 0 Å². The lowest BCUT2D eigenvalue weighted by molar-refractivity contribution is 0.0661. The van der Waals surface area contributed by atoms with Gasteiger partial charge in [0.05, 0.1) is 0 Å². The highest BCUT2D eigenvalue weighted by molar-refractivity contribution is 7.08. The number of amides is 1. The molecule has 8 nitrogen and oxygen atoms in total. The molecule has 0 unspecified atom stereocenters. The third-order valence-electron chi connectivity index (χ3n) is 4.42. The zero-order valence-corrected chi connectivity index (χ0v) is 14.7. The Labute approximate surface area is 152 Å². The smallest absolute Gasteiger partial charge is 0.274 e. The average molecular weight is 371 g/mol. The van der Waals surface area contributed by atoms with Crippen LogP contribution in [0.3, 0.4) is 0 Å². The van der Waals surface area contributed by atoms with Crippen molar-refractivity contribution in [3.63, 3.8) is 0 Å². The molecule has 0 spiro atoms. The minimum absolute atomic E-state index is 0.171. The molecule has 4 heterocycles. The molecule has 1 amide bonds. The molecule has 9 heteroatoms. The molecular weight excluding hydrogens is 354 g/mol. The molecule has 1 aliphatic rings. The summed E-state index contributed by atoms with van der Waals surface area (Å²) in [4.78, 5) is 29.9. The van der Waals surface area contributed by atoms with E-state index >= 15 is 0 Å². The van der Waals surface area contributed by atoms with Gasteiger partial charge in [-0.1, -0.05) is 5.16 Å². The second-order valence-corrected chi connectivity index (χ2v) is 7.07. The summed E-state index contributed by atoms with van der Waals surface area (Å²) in [7, 11) is 0. The maximum atomic E-state index is 12.6. The summed E-state index contributed by atoms with van der Waals surface area (Å²) in [6, 6.07) is 4.72. The standard InChI is InChI=1S/C17H17N5O3S/c23-14-4-3-13(19-20-14)17(24)22-6-1-2-11(9-22)8-15-18-16(21-25-15)12-5-7-26-10-12/h3-5,7,10-11H,1-2,6,8-9H2,(H,20,23)/t11-/m1/s1. The van der Waals surface area contributed by atoms with Gasteiger partial charge in [0.1, 0.15) is 5.69 Å². The van der Waals surface area contributed by atoms with Crippen LogP contribution in [0.25, 0.3) is 11.4 Å². The van der Waals surface area contributed by atoms with Crippen LogP contribution in [0.15, 0.2) is 38.3 Å². The van der Waals surface area contributed by atoms with Crippen LogP contribution in [-0.4, -0.2) is 44.2 Å². The normalized spacial score (nSPS) is 17.4. The number of nitrogens with zero attached hydrogens (tertiary/aromatic N) is 4. The Hall–Kier alpha value is -2.81. The quantitative estimate of drug-likeness (QED) is 0.752. The van der Waals surface area contributed by atoms with Crippen molar-refractivity contribution in [1.82, 2.24) is 25.2 Å². The number of likely N-dealkylation sites (tertiary alicyclic amines) is 1. The number of hydrogen-bond donors (Lipinski definition) is 1. The van der Waals surface area contributed by atoms with Crippen LogP contribution in [0.4, 0.5) is 0 Å². The predicted octanol–water partition coefficient (Wildman–Crippen LogP) is 1.98. The van der Waals surface area contributed by atoms with Crippen molar-refractivity contribution in [2.45, 2.75) is 19.3 Å². The van der Waals surface area contributed by atoms with Crippen LogP contribution in [0.1, 0.15) is 29.2 Å². The van der Waals surface area contributed by atoms with E-state index in [-0.39, 0.29) is 23.1 Å². The van der Waals surface area contributed by atoms with E-state index in [1.807, 2.05) is 16.8 Å². The van der Waals surface area contributed by atoms with Gasteiger partial charge in [0.2, 0.25) is 11.7 Å². The Morgan fingerprint density at radius 1 is 1.38 bits per heavy atom. The zero-order valence-electron chi connectivity index (χ0n) is 13.9. The second-order valence-electron chi connectivity index (χ2n) is 6.29. The fraction of sp³-hybridized carbons (Fsp3) is 0.353. The molecule has 1 saturated heterocycles. The number of thiophene rings is 1. The lowest BCUT2D eigenvalue weighted by atomic mass is 9.94. The third-order valence-corrected chi connectivity index (χ3v) is 5.10. The van der Waals surface area contributed by atoms with E-state index in [4.69, 9.17) is 4.52 Å². The number of carbonyl (C=O) groups excluding carboxylic acids is 1. The van der Waals surface area contributed by atoms with Gasteiger partial charge in [0.15, 0.2) is 0 Å². The van der Waals surface area contributed by atoms with Gasteiger partial charge < -0.3 is 9.42 Å². The lowest BCUT2D eigenvalue weighted by Gasteiger charge is -2.31. The largest absolute Gasteiger partial charge is 0.339 e. The highest BCUT2D eigenvalue weighted by Gasteiger charge is 2.27. The number of aromatic amines is 1. The van der Waals surface area contributed by atoms with Gasteiger partial charge in [0, 0.05) is 36.5 Å². The van der Waals surface area contributed by atoms with E-state index in [9.17, 15) is 9.59 Å². The lowest BCUT2D eigenvalue weighted by Crippen LogP contribution is -2.41. The van der Waals surface area contributed by atoms with E-state index in [2.05, 4.69) is 20.3 Å². The summed E-state index contributed by atoms with van der Waals surface area (Å²) >= 11 is 1.59. The van der Waals surface area contributed by atoms with Crippen molar-refractivity contribution in [3.8, 4) is 11.4 Å². The van der Waals surface area contributed by atoms with Crippen molar-refractivity contribution >= 4 is 17.2 Å². The van der Waals surface area contributed by atoms with Crippen molar-refractivity contribution in [2.75, 3.05) is 13.1 Å². The molecule has 0 bridgehead atoms.